The van der Waals surface area contributed by atoms with E-state index < -0.39 is 0 Å². The fourth-order valence-corrected chi connectivity index (χ4v) is 3.78. The standard InChI is InChI=1S/C22H23N3O2/c1-27-22(26)12-9-17-7-10-18(11-8-17)20-6-4-13-24(20)16-19-15-23-25-14-3-2-5-21(19)25/h2-3,5,7-12,14-15,20H,4,6,13,16H2,1H3/t20-/m0/s1. The number of benzene rings is 1. The van der Waals surface area contributed by atoms with Crippen molar-refractivity contribution in [3.05, 3.63) is 77.6 Å². The van der Waals surface area contributed by atoms with Crippen LogP contribution in [-0.2, 0) is 16.1 Å². The zero-order chi connectivity index (χ0) is 18.6. The Bertz CT molecular complexity index is 959. The molecule has 0 aliphatic carbocycles. The van der Waals surface area contributed by atoms with Gasteiger partial charge in [0.25, 0.3) is 0 Å². The third-order valence-electron chi connectivity index (χ3n) is 5.18. The lowest BCUT2D eigenvalue weighted by atomic mass is 10.0. The average molecular weight is 361 g/mol. The first-order valence-corrected chi connectivity index (χ1v) is 9.26. The maximum Gasteiger partial charge on any atom is 0.330 e. The van der Waals surface area contributed by atoms with Gasteiger partial charge in [-0.2, -0.15) is 5.10 Å². The molecule has 5 nitrogen and oxygen atoms in total. The van der Waals surface area contributed by atoms with Crippen LogP contribution in [0.25, 0.3) is 11.6 Å². The quantitative estimate of drug-likeness (QED) is 0.511. The van der Waals surface area contributed by atoms with Gasteiger partial charge in [-0.25, -0.2) is 9.31 Å². The number of fused-ring (bicyclic) bond motifs is 1. The van der Waals surface area contributed by atoms with E-state index in [0.29, 0.717) is 6.04 Å². The summed E-state index contributed by atoms with van der Waals surface area (Å²) in [4.78, 5) is 13.8. The predicted molar refractivity (Wildman–Crippen MR) is 105 cm³/mol. The maximum absolute atomic E-state index is 11.2. The number of carbonyl (C=O) groups excluding carboxylic acids is 1. The molecule has 138 valence electrons. The Balaban J connectivity index is 1.49. The van der Waals surface area contributed by atoms with Crippen LogP contribution in [0.1, 0.15) is 35.6 Å². The van der Waals surface area contributed by atoms with E-state index in [2.05, 4.69) is 51.1 Å². The largest absolute Gasteiger partial charge is 0.466 e. The SMILES string of the molecule is COC(=O)C=Cc1ccc([C@@H]2CCCN2Cc2cnn3ccccc23)cc1. The second-order valence-electron chi connectivity index (χ2n) is 6.85. The van der Waals surface area contributed by atoms with E-state index in [1.54, 1.807) is 6.08 Å². The van der Waals surface area contributed by atoms with Crippen molar-refractivity contribution in [2.45, 2.75) is 25.4 Å². The highest BCUT2D eigenvalue weighted by Gasteiger charge is 2.26. The fraction of sp³-hybridized carbons (Fsp3) is 0.273. The van der Waals surface area contributed by atoms with Crippen molar-refractivity contribution in [3.8, 4) is 0 Å². The minimum Gasteiger partial charge on any atom is -0.466 e. The lowest BCUT2D eigenvalue weighted by molar-refractivity contribution is -0.134. The molecular weight excluding hydrogens is 338 g/mol. The highest BCUT2D eigenvalue weighted by atomic mass is 16.5. The molecule has 3 aromatic rings. The number of aromatic nitrogens is 2. The summed E-state index contributed by atoms with van der Waals surface area (Å²) in [5.41, 5.74) is 4.75. The molecule has 1 fully saturated rings. The molecular formula is C22H23N3O2. The first-order valence-electron chi connectivity index (χ1n) is 9.26. The van der Waals surface area contributed by atoms with Crippen molar-refractivity contribution in [3.63, 3.8) is 0 Å². The molecule has 4 rings (SSSR count). The number of methoxy groups -OCH3 is 1. The molecule has 2 aromatic heterocycles. The van der Waals surface area contributed by atoms with Crippen molar-refractivity contribution in [1.82, 2.24) is 14.5 Å². The van der Waals surface area contributed by atoms with Gasteiger partial charge in [0.05, 0.1) is 18.8 Å². The van der Waals surface area contributed by atoms with Gasteiger partial charge in [-0.05, 0) is 48.7 Å². The van der Waals surface area contributed by atoms with Crippen LogP contribution in [-0.4, -0.2) is 34.1 Å². The number of esters is 1. The molecule has 0 saturated carbocycles. The van der Waals surface area contributed by atoms with Crippen molar-refractivity contribution in [2.24, 2.45) is 0 Å². The predicted octanol–water partition coefficient (Wildman–Crippen LogP) is 3.86. The van der Waals surface area contributed by atoms with Crippen LogP contribution in [0.2, 0.25) is 0 Å². The van der Waals surface area contributed by atoms with Crippen LogP contribution in [0.15, 0.2) is 60.9 Å². The molecule has 0 spiro atoms. The van der Waals surface area contributed by atoms with Crippen LogP contribution < -0.4 is 0 Å². The van der Waals surface area contributed by atoms with E-state index in [4.69, 9.17) is 0 Å². The number of rotatable bonds is 5. The van der Waals surface area contributed by atoms with Gasteiger partial charge >= 0.3 is 5.97 Å². The van der Waals surface area contributed by atoms with Crippen LogP contribution in [0.4, 0.5) is 0 Å². The number of hydrogen-bond acceptors (Lipinski definition) is 4. The normalized spacial score (nSPS) is 17.7. The van der Waals surface area contributed by atoms with Gasteiger partial charge in [-0.3, -0.25) is 4.90 Å². The number of pyridine rings is 1. The summed E-state index contributed by atoms with van der Waals surface area (Å²) >= 11 is 0. The van der Waals surface area contributed by atoms with E-state index in [0.717, 1.165) is 25.1 Å². The fourth-order valence-electron chi connectivity index (χ4n) is 3.78. The molecule has 0 radical (unpaired) electrons. The number of hydrogen-bond donors (Lipinski definition) is 0. The number of carbonyl (C=O) groups is 1. The van der Waals surface area contributed by atoms with Crippen molar-refractivity contribution in [2.75, 3.05) is 13.7 Å². The van der Waals surface area contributed by atoms with Gasteiger partial charge in [0, 0.05) is 30.4 Å². The molecule has 27 heavy (non-hydrogen) atoms. The van der Waals surface area contributed by atoms with E-state index in [-0.39, 0.29) is 5.97 Å². The monoisotopic (exact) mass is 361 g/mol. The Morgan fingerprint density at radius 2 is 2.11 bits per heavy atom. The molecule has 0 unspecified atom stereocenters. The van der Waals surface area contributed by atoms with Gasteiger partial charge in [-0.15, -0.1) is 0 Å². The molecule has 3 heterocycles. The number of nitrogens with zero attached hydrogens (tertiary/aromatic N) is 3. The summed E-state index contributed by atoms with van der Waals surface area (Å²) in [5, 5.41) is 4.46. The minimum absolute atomic E-state index is 0.338. The summed E-state index contributed by atoms with van der Waals surface area (Å²) in [6, 6.07) is 15.0. The lowest BCUT2D eigenvalue weighted by Crippen LogP contribution is -2.22. The van der Waals surface area contributed by atoms with Crippen molar-refractivity contribution < 1.29 is 9.53 Å². The number of ether oxygens (including phenoxy) is 1. The molecule has 1 aliphatic rings. The zero-order valence-electron chi connectivity index (χ0n) is 15.4. The van der Waals surface area contributed by atoms with Crippen LogP contribution >= 0.6 is 0 Å². The Hall–Kier alpha value is -2.92. The van der Waals surface area contributed by atoms with Gasteiger partial charge in [0.2, 0.25) is 0 Å². The van der Waals surface area contributed by atoms with Crippen molar-refractivity contribution >= 4 is 17.6 Å². The second kappa shape index (κ2) is 7.76. The van der Waals surface area contributed by atoms with E-state index in [9.17, 15) is 4.79 Å². The highest BCUT2D eigenvalue weighted by molar-refractivity contribution is 5.86. The summed E-state index contributed by atoms with van der Waals surface area (Å²) < 4.78 is 6.57. The molecule has 0 bridgehead atoms. The molecule has 5 heteroatoms. The van der Waals surface area contributed by atoms with E-state index >= 15 is 0 Å². The first-order chi connectivity index (χ1) is 13.2. The van der Waals surface area contributed by atoms with Crippen LogP contribution in [0.5, 0.6) is 0 Å². The summed E-state index contributed by atoms with van der Waals surface area (Å²) in [6.07, 6.45) is 9.56. The Morgan fingerprint density at radius 1 is 1.26 bits per heavy atom. The van der Waals surface area contributed by atoms with Crippen molar-refractivity contribution in [1.29, 1.82) is 0 Å². The average Bonchev–Trinajstić information content (AvgIpc) is 3.34. The third-order valence-corrected chi connectivity index (χ3v) is 5.18. The van der Waals surface area contributed by atoms with Crippen LogP contribution in [0.3, 0.4) is 0 Å². The highest BCUT2D eigenvalue weighted by Crippen LogP contribution is 2.33. The molecule has 0 amide bonds. The molecule has 1 aromatic carbocycles. The van der Waals surface area contributed by atoms with Gasteiger partial charge in [-0.1, -0.05) is 30.3 Å². The van der Waals surface area contributed by atoms with Gasteiger partial charge in [0.1, 0.15) is 0 Å². The molecule has 1 atom stereocenters. The minimum atomic E-state index is -0.338. The Morgan fingerprint density at radius 3 is 2.93 bits per heavy atom. The Kier molecular flexibility index (Phi) is 5.03. The number of likely N-dealkylation sites (tertiary alicyclic amines) is 1. The summed E-state index contributed by atoms with van der Waals surface area (Å²) in [6.45, 7) is 2.00. The molecule has 1 aliphatic heterocycles. The smallest absolute Gasteiger partial charge is 0.330 e. The van der Waals surface area contributed by atoms with Crippen LogP contribution in [0, 0.1) is 0 Å². The third kappa shape index (κ3) is 3.78. The van der Waals surface area contributed by atoms with Gasteiger partial charge in [0.15, 0.2) is 0 Å². The zero-order valence-corrected chi connectivity index (χ0v) is 15.4. The van der Waals surface area contributed by atoms with E-state index in [1.165, 1.54) is 36.3 Å². The lowest BCUT2D eigenvalue weighted by Gasteiger charge is -2.24. The molecule has 0 N–H and O–H groups in total. The summed E-state index contributed by atoms with van der Waals surface area (Å²) in [7, 11) is 1.38. The van der Waals surface area contributed by atoms with E-state index in [1.807, 2.05) is 23.0 Å². The Labute approximate surface area is 158 Å². The first kappa shape index (κ1) is 17.5. The maximum atomic E-state index is 11.2. The summed E-state index contributed by atoms with van der Waals surface area (Å²) in [5.74, 6) is -0.338. The second-order valence-corrected chi connectivity index (χ2v) is 6.85. The topological polar surface area (TPSA) is 46.8 Å². The van der Waals surface area contributed by atoms with Gasteiger partial charge < -0.3 is 4.74 Å². The molecule has 1 saturated heterocycles.